The van der Waals surface area contributed by atoms with Crippen LogP contribution in [0.25, 0.3) is 0 Å². The van der Waals surface area contributed by atoms with Crippen LogP contribution in [0.3, 0.4) is 0 Å². The van der Waals surface area contributed by atoms with Crippen molar-refractivity contribution in [2.75, 3.05) is 26.2 Å². The Hall–Kier alpha value is -0.480. The molecule has 1 aromatic carbocycles. The third-order valence-corrected chi connectivity index (χ3v) is 5.08. The molecule has 3 heterocycles. The van der Waals surface area contributed by atoms with Gasteiger partial charge in [-0.2, -0.15) is 0 Å². The van der Waals surface area contributed by atoms with Crippen molar-refractivity contribution < 1.29 is 4.74 Å². The Morgan fingerprint density at radius 3 is 2.67 bits per heavy atom. The number of piperidine rings is 3. The number of hydrogen-bond donors (Lipinski definition) is 1. The first-order valence-electron chi connectivity index (χ1n) is 7.74. The zero-order valence-electron chi connectivity index (χ0n) is 12.4. The van der Waals surface area contributed by atoms with Gasteiger partial charge in [-0.15, -0.1) is 0 Å². The van der Waals surface area contributed by atoms with Crippen molar-refractivity contribution in [2.24, 2.45) is 5.92 Å². The fraction of sp³-hybridized carbons (Fsp3) is 0.625. The Morgan fingerprint density at radius 1 is 1.29 bits per heavy atom. The SMILES string of the molecule is CCOc1c(Cl)cc(Cl)cc1CNC1CN2CCC1CC2. The summed E-state index contributed by atoms with van der Waals surface area (Å²) in [6.07, 6.45) is 2.62. The lowest BCUT2D eigenvalue weighted by Crippen LogP contribution is -2.55. The van der Waals surface area contributed by atoms with Gasteiger partial charge in [0.05, 0.1) is 11.6 Å². The molecule has 1 aromatic rings. The summed E-state index contributed by atoms with van der Waals surface area (Å²) < 4.78 is 5.68. The number of nitrogens with zero attached hydrogens (tertiary/aromatic N) is 1. The minimum atomic E-state index is 0.569. The molecule has 0 aliphatic carbocycles. The van der Waals surface area contributed by atoms with Crippen molar-refractivity contribution in [3.63, 3.8) is 0 Å². The van der Waals surface area contributed by atoms with E-state index in [0.717, 1.165) is 30.3 Å². The summed E-state index contributed by atoms with van der Waals surface area (Å²) in [5, 5.41) is 4.94. The van der Waals surface area contributed by atoms with Gasteiger partial charge in [0.1, 0.15) is 5.75 Å². The van der Waals surface area contributed by atoms with Crippen LogP contribution in [0, 0.1) is 5.92 Å². The highest BCUT2D eigenvalue weighted by Crippen LogP contribution is 2.33. The largest absolute Gasteiger partial charge is 0.492 e. The van der Waals surface area contributed by atoms with E-state index in [4.69, 9.17) is 27.9 Å². The molecule has 0 amide bonds. The first-order chi connectivity index (χ1) is 10.2. The number of ether oxygens (including phenoxy) is 1. The molecule has 0 saturated carbocycles. The Balaban J connectivity index is 1.69. The molecule has 1 atom stereocenters. The standard InChI is InChI=1S/C16H22Cl2N2O/c1-2-21-16-12(7-13(17)8-14(16)18)9-19-15-10-20-5-3-11(15)4-6-20/h7-8,11,15,19H,2-6,9-10H2,1H3. The van der Waals surface area contributed by atoms with E-state index in [0.29, 0.717) is 22.7 Å². The van der Waals surface area contributed by atoms with E-state index in [1.54, 1.807) is 6.07 Å². The summed E-state index contributed by atoms with van der Waals surface area (Å²) in [7, 11) is 0. The minimum absolute atomic E-state index is 0.569. The maximum Gasteiger partial charge on any atom is 0.142 e. The molecule has 3 fully saturated rings. The van der Waals surface area contributed by atoms with E-state index in [2.05, 4.69) is 10.2 Å². The fourth-order valence-electron chi connectivity index (χ4n) is 3.49. The van der Waals surface area contributed by atoms with Crippen LogP contribution < -0.4 is 10.1 Å². The predicted octanol–water partition coefficient (Wildman–Crippen LogP) is 3.58. The molecule has 1 unspecified atom stereocenters. The van der Waals surface area contributed by atoms with Gasteiger partial charge in [0.2, 0.25) is 0 Å². The lowest BCUT2D eigenvalue weighted by Gasteiger charge is -2.45. The normalized spacial score (nSPS) is 27.9. The number of nitrogens with one attached hydrogen (secondary N) is 1. The summed E-state index contributed by atoms with van der Waals surface area (Å²) in [6.45, 7) is 7.00. The molecule has 21 heavy (non-hydrogen) atoms. The van der Waals surface area contributed by atoms with Gasteiger partial charge in [-0.3, -0.25) is 0 Å². The Labute approximate surface area is 136 Å². The Kier molecular flexibility index (Phi) is 4.95. The summed E-state index contributed by atoms with van der Waals surface area (Å²) in [6, 6.07) is 4.26. The highest BCUT2D eigenvalue weighted by molar-refractivity contribution is 6.35. The zero-order chi connectivity index (χ0) is 14.8. The van der Waals surface area contributed by atoms with Crippen molar-refractivity contribution in [3.05, 3.63) is 27.7 Å². The van der Waals surface area contributed by atoms with Gasteiger partial charge in [-0.1, -0.05) is 23.2 Å². The number of rotatable bonds is 5. The molecule has 0 spiro atoms. The molecule has 3 nitrogen and oxygen atoms in total. The number of benzene rings is 1. The van der Waals surface area contributed by atoms with Crippen LogP contribution in [0.15, 0.2) is 12.1 Å². The van der Waals surface area contributed by atoms with Gasteiger partial charge in [-0.05, 0) is 50.9 Å². The van der Waals surface area contributed by atoms with Crippen molar-refractivity contribution in [3.8, 4) is 5.75 Å². The van der Waals surface area contributed by atoms with Gasteiger partial charge >= 0.3 is 0 Å². The van der Waals surface area contributed by atoms with Crippen molar-refractivity contribution >= 4 is 23.2 Å². The number of fused-ring (bicyclic) bond motifs is 3. The molecule has 0 radical (unpaired) electrons. The second-order valence-corrected chi connectivity index (χ2v) is 6.78. The van der Waals surface area contributed by atoms with Crippen LogP contribution in [0.1, 0.15) is 25.3 Å². The van der Waals surface area contributed by atoms with E-state index < -0.39 is 0 Å². The van der Waals surface area contributed by atoms with Gasteiger partial charge in [0.25, 0.3) is 0 Å². The highest BCUT2D eigenvalue weighted by Gasteiger charge is 2.33. The highest BCUT2D eigenvalue weighted by atomic mass is 35.5. The molecule has 5 heteroatoms. The molecule has 2 bridgehead atoms. The second kappa shape index (κ2) is 6.74. The van der Waals surface area contributed by atoms with Gasteiger partial charge in [0, 0.05) is 29.7 Å². The first kappa shape index (κ1) is 15.4. The lowest BCUT2D eigenvalue weighted by atomic mass is 9.84. The van der Waals surface area contributed by atoms with Crippen LogP contribution >= 0.6 is 23.2 Å². The molecular weight excluding hydrogens is 307 g/mol. The van der Waals surface area contributed by atoms with Gasteiger partial charge in [0.15, 0.2) is 0 Å². The van der Waals surface area contributed by atoms with E-state index in [1.165, 1.54) is 25.9 Å². The summed E-state index contributed by atoms with van der Waals surface area (Å²) in [4.78, 5) is 2.55. The van der Waals surface area contributed by atoms with E-state index >= 15 is 0 Å². The second-order valence-electron chi connectivity index (χ2n) is 5.93. The van der Waals surface area contributed by atoms with Gasteiger partial charge < -0.3 is 15.0 Å². The summed E-state index contributed by atoms with van der Waals surface area (Å²) >= 11 is 12.4. The zero-order valence-corrected chi connectivity index (χ0v) is 13.9. The monoisotopic (exact) mass is 328 g/mol. The quantitative estimate of drug-likeness (QED) is 0.894. The smallest absolute Gasteiger partial charge is 0.142 e. The van der Waals surface area contributed by atoms with Crippen molar-refractivity contribution in [2.45, 2.75) is 32.4 Å². The predicted molar refractivity (Wildman–Crippen MR) is 87.4 cm³/mol. The first-order valence-corrected chi connectivity index (χ1v) is 8.49. The minimum Gasteiger partial charge on any atom is -0.492 e. The molecule has 3 saturated heterocycles. The Morgan fingerprint density at radius 2 is 2.05 bits per heavy atom. The average Bonchev–Trinajstić information content (AvgIpc) is 2.49. The average molecular weight is 329 g/mol. The van der Waals surface area contributed by atoms with Crippen LogP contribution in [0.2, 0.25) is 10.0 Å². The van der Waals surface area contributed by atoms with Crippen LogP contribution in [0.4, 0.5) is 0 Å². The third-order valence-electron chi connectivity index (χ3n) is 4.58. The molecule has 116 valence electrons. The summed E-state index contributed by atoms with van der Waals surface area (Å²) in [5.41, 5.74) is 1.05. The molecule has 3 aliphatic rings. The van der Waals surface area contributed by atoms with Crippen LogP contribution in [-0.4, -0.2) is 37.2 Å². The third kappa shape index (κ3) is 3.48. The maximum absolute atomic E-state index is 6.25. The molecular formula is C16H22Cl2N2O. The lowest BCUT2D eigenvalue weighted by molar-refractivity contribution is 0.0719. The van der Waals surface area contributed by atoms with Gasteiger partial charge in [-0.25, -0.2) is 0 Å². The van der Waals surface area contributed by atoms with Crippen LogP contribution in [0.5, 0.6) is 5.75 Å². The molecule has 4 rings (SSSR count). The van der Waals surface area contributed by atoms with E-state index in [9.17, 15) is 0 Å². The van der Waals surface area contributed by atoms with E-state index in [1.807, 2.05) is 13.0 Å². The molecule has 3 aliphatic heterocycles. The topological polar surface area (TPSA) is 24.5 Å². The van der Waals surface area contributed by atoms with Crippen LogP contribution in [-0.2, 0) is 6.54 Å². The fourth-order valence-corrected chi connectivity index (χ4v) is 4.08. The Bertz CT molecular complexity index is 501. The number of hydrogen-bond acceptors (Lipinski definition) is 3. The van der Waals surface area contributed by atoms with Crippen molar-refractivity contribution in [1.29, 1.82) is 0 Å². The summed E-state index contributed by atoms with van der Waals surface area (Å²) in [5.74, 6) is 1.57. The van der Waals surface area contributed by atoms with E-state index in [-0.39, 0.29) is 0 Å². The molecule has 0 aromatic heterocycles. The van der Waals surface area contributed by atoms with Crippen molar-refractivity contribution in [1.82, 2.24) is 10.2 Å². The molecule has 1 N–H and O–H groups in total. The number of halogens is 2. The maximum atomic E-state index is 6.25.